The van der Waals surface area contributed by atoms with Crippen molar-refractivity contribution in [3.05, 3.63) is 0 Å². The summed E-state index contributed by atoms with van der Waals surface area (Å²) in [5.41, 5.74) is -0.303. The molecule has 2 atom stereocenters. The molecular formula is C11H21N3. The smallest absolute Gasteiger partial charge is 0.119 e. The lowest BCUT2D eigenvalue weighted by Gasteiger charge is -2.38. The van der Waals surface area contributed by atoms with Gasteiger partial charge < -0.3 is 4.90 Å². The SMILES string of the molecule is CCC(C)NC1(C#N)CCCN(C)C1. The maximum atomic E-state index is 9.26. The van der Waals surface area contributed by atoms with Gasteiger partial charge in [-0.2, -0.15) is 5.26 Å². The van der Waals surface area contributed by atoms with Crippen molar-refractivity contribution in [1.29, 1.82) is 5.26 Å². The summed E-state index contributed by atoms with van der Waals surface area (Å²) in [7, 11) is 2.09. The second-order valence-corrected chi connectivity index (χ2v) is 4.49. The first-order chi connectivity index (χ1) is 6.62. The molecule has 0 aromatic rings. The van der Waals surface area contributed by atoms with Crippen molar-refractivity contribution in [3.63, 3.8) is 0 Å². The van der Waals surface area contributed by atoms with Crippen LogP contribution in [0, 0.1) is 11.3 Å². The molecule has 0 bridgehead atoms. The van der Waals surface area contributed by atoms with Crippen molar-refractivity contribution in [2.24, 2.45) is 0 Å². The Bertz CT molecular complexity index is 221. The van der Waals surface area contributed by atoms with E-state index in [4.69, 9.17) is 0 Å². The highest BCUT2D eigenvalue weighted by molar-refractivity contribution is 5.11. The van der Waals surface area contributed by atoms with E-state index in [0.29, 0.717) is 6.04 Å². The third kappa shape index (κ3) is 2.70. The first kappa shape index (κ1) is 11.5. The minimum atomic E-state index is -0.303. The number of hydrogen-bond acceptors (Lipinski definition) is 3. The van der Waals surface area contributed by atoms with E-state index in [-0.39, 0.29) is 5.54 Å². The van der Waals surface area contributed by atoms with Crippen LogP contribution in [0.25, 0.3) is 0 Å². The Kier molecular flexibility index (Phi) is 3.91. The highest BCUT2D eigenvalue weighted by Crippen LogP contribution is 2.20. The molecule has 0 radical (unpaired) electrons. The molecule has 1 heterocycles. The van der Waals surface area contributed by atoms with Crippen LogP contribution in [0.3, 0.4) is 0 Å². The van der Waals surface area contributed by atoms with E-state index in [1.807, 2.05) is 0 Å². The molecule has 0 spiro atoms. The van der Waals surface area contributed by atoms with Crippen molar-refractivity contribution in [2.45, 2.75) is 44.7 Å². The number of nitrogens with one attached hydrogen (secondary N) is 1. The van der Waals surface area contributed by atoms with E-state index >= 15 is 0 Å². The van der Waals surface area contributed by atoms with Gasteiger partial charge in [0.05, 0.1) is 6.07 Å². The number of hydrogen-bond donors (Lipinski definition) is 1. The van der Waals surface area contributed by atoms with Crippen LogP contribution in [-0.2, 0) is 0 Å². The van der Waals surface area contributed by atoms with E-state index in [1.165, 1.54) is 0 Å². The molecule has 1 N–H and O–H groups in total. The van der Waals surface area contributed by atoms with Gasteiger partial charge in [-0.05, 0) is 39.8 Å². The Labute approximate surface area is 87.1 Å². The monoisotopic (exact) mass is 195 g/mol. The molecular weight excluding hydrogens is 174 g/mol. The highest BCUT2D eigenvalue weighted by Gasteiger charge is 2.34. The summed E-state index contributed by atoms with van der Waals surface area (Å²) in [6.07, 6.45) is 3.18. The van der Waals surface area contributed by atoms with Gasteiger partial charge in [0.15, 0.2) is 0 Å². The summed E-state index contributed by atoms with van der Waals surface area (Å²) in [6.45, 7) is 6.27. The Morgan fingerprint density at radius 3 is 2.86 bits per heavy atom. The second-order valence-electron chi connectivity index (χ2n) is 4.49. The zero-order valence-electron chi connectivity index (χ0n) is 9.51. The van der Waals surface area contributed by atoms with Crippen LogP contribution < -0.4 is 5.32 Å². The molecule has 2 unspecified atom stereocenters. The number of piperidine rings is 1. The molecule has 0 aromatic heterocycles. The van der Waals surface area contributed by atoms with E-state index in [1.54, 1.807) is 0 Å². The largest absolute Gasteiger partial charge is 0.303 e. The summed E-state index contributed by atoms with van der Waals surface area (Å²) in [6, 6.07) is 2.89. The average molecular weight is 195 g/mol. The molecule has 14 heavy (non-hydrogen) atoms. The molecule has 1 aliphatic heterocycles. The molecule has 1 rings (SSSR count). The molecule has 0 amide bonds. The summed E-state index contributed by atoms with van der Waals surface area (Å²) in [5, 5.41) is 12.7. The lowest BCUT2D eigenvalue weighted by Crippen LogP contribution is -2.57. The number of rotatable bonds is 3. The number of likely N-dealkylation sites (tertiary alicyclic amines) is 1. The molecule has 1 saturated heterocycles. The molecule has 3 heteroatoms. The van der Waals surface area contributed by atoms with Gasteiger partial charge in [-0.25, -0.2) is 0 Å². The summed E-state index contributed by atoms with van der Waals surface area (Å²) in [4.78, 5) is 2.24. The molecule has 3 nitrogen and oxygen atoms in total. The molecule has 1 aliphatic rings. The maximum Gasteiger partial charge on any atom is 0.119 e. The van der Waals surface area contributed by atoms with Crippen molar-refractivity contribution >= 4 is 0 Å². The fourth-order valence-electron chi connectivity index (χ4n) is 2.08. The second kappa shape index (κ2) is 4.77. The minimum Gasteiger partial charge on any atom is -0.303 e. The topological polar surface area (TPSA) is 39.1 Å². The summed E-state index contributed by atoms with van der Waals surface area (Å²) < 4.78 is 0. The predicted octanol–water partition coefficient (Wildman–Crippen LogP) is 1.36. The predicted molar refractivity (Wildman–Crippen MR) is 58.0 cm³/mol. The number of nitrogens with zero attached hydrogens (tertiary/aromatic N) is 2. The molecule has 0 aliphatic carbocycles. The van der Waals surface area contributed by atoms with Gasteiger partial charge in [0.1, 0.15) is 5.54 Å². The standard InChI is InChI=1S/C11H21N3/c1-4-10(2)13-11(8-12)6-5-7-14(3)9-11/h10,13H,4-7,9H2,1-3H3. The van der Waals surface area contributed by atoms with Crippen molar-refractivity contribution in [3.8, 4) is 6.07 Å². The van der Waals surface area contributed by atoms with Crippen LogP contribution in [0.5, 0.6) is 0 Å². The Morgan fingerprint density at radius 2 is 2.36 bits per heavy atom. The molecule has 1 fully saturated rings. The number of likely N-dealkylation sites (N-methyl/N-ethyl adjacent to an activating group) is 1. The number of nitriles is 1. The van der Waals surface area contributed by atoms with Gasteiger partial charge in [0.25, 0.3) is 0 Å². The summed E-state index contributed by atoms with van der Waals surface area (Å²) >= 11 is 0. The Balaban J connectivity index is 2.61. The normalized spacial score (nSPS) is 31.0. The van der Waals surface area contributed by atoms with Crippen LogP contribution in [0.2, 0.25) is 0 Å². The van der Waals surface area contributed by atoms with Gasteiger partial charge in [-0.1, -0.05) is 6.92 Å². The van der Waals surface area contributed by atoms with Gasteiger partial charge in [-0.3, -0.25) is 5.32 Å². The molecule has 0 aromatic carbocycles. The molecule has 0 saturated carbocycles. The lowest BCUT2D eigenvalue weighted by molar-refractivity contribution is 0.173. The van der Waals surface area contributed by atoms with E-state index in [0.717, 1.165) is 32.4 Å². The quantitative estimate of drug-likeness (QED) is 0.739. The Hall–Kier alpha value is -0.590. The fraction of sp³-hybridized carbons (Fsp3) is 0.909. The van der Waals surface area contributed by atoms with Gasteiger partial charge >= 0.3 is 0 Å². The van der Waals surface area contributed by atoms with Crippen LogP contribution in [-0.4, -0.2) is 36.6 Å². The summed E-state index contributed by atoms with van der Waals surface area (Å²) in [5.74, 6) is 0. The Morgan fingerprint density at radius 1 is 1.64 bits per heavy atom. The maximum absolute atomic E-state index is 9.26. The highest BCUT2D eigenvalue weighted by atomic mass is 15.2. The minimum absolute atomic E-state index is 0.303. The lowest BCUT2D eigenvalue weighted by atomic mass is 9.89. The van der Waals surface area contributed by atoms with E-state index in [9.17, 15) is 5.26 Å². The van der Waals surface area contributed by atoms with E-state index < -0.39 is 0 Å². The molecule has 80 valence electrons. The fourth-order valence-corrected chi connectivity index (χ4v) is 2.08. The van der Waals surface area contributed by atoms with Crippen molar-refractivity contribution in [2.75, 3.05) is 20.1 Å². The zero-order chi connectivity index (χ0) is 10.6. The first-order valence-electron chi connectivity index (χ1n) is 5.49. The third-order valence-corrected chi connectivity index (χ3v) is 3.03. The zero-order valence-corrected chi connectivity index (χ0v) is 9.51. The van der Waals surface area contributed by atoms with Crippen LogP contribution in [0.15, 0.2) is 0 Å². The van der Waals surface area contributed by atoms with Crippen LogP contribution >= 0.6 is 0 Å². The van der Waals surface area contributed by atoms with Crippen LogP contribution in [0.1, 0.15) is 33.1 Å². The van der Waals surface area contributed by atoms with Crippen molar-refractivity contribution < 1.29 is 0 Å². The third-order valence-electron chi connectivity index (χ3n) is 3.03. The van der Waals surface area contributed by atoms with Gasteiger partial charge in [0, 0.05) is 12.6 Å². The van der Waals surface area contributed by atoms with E-state index in [2.05, 4.69) is 37.2 Å². The van der Waals surface area contributed by atoms with Gasteiger partial charge in [-0.15, -0.1) is 0 Å². The van der Waals surface area contributed by atoms with Gasteiger partial charge in [0.2, 0.25) is 0 Å². The van der Waals surface area contributed by atoms with Crippen LogP contribution in [0.4, 0.5) is 0 Å². The average Bonchev–Trinajstić information content (AvgIpc) is 2.17. The van der Waals surface area contributed by atoms with Crippen molar-refractivity contribution in [1.82, 2.24) is 10.2 Å². The first-order valence-corrected chi connectivity index (χ1v) is 5.49.